The highest BCUT2D eigenvalue weighted by atomic mass is 19.4. The number of benzene rings is 1. The van der Waals surface area contributed by atoms with Crippen LogP contribution in [0.15, 0.2) is 42.6 Å². The monoisotopic (exact) mass is 410 g/mol. The van der Waals surface area contributed by atoms with Gasteiger partial charge in [0.05, 0.1) is 12.1 Å². The van der Waals surface area contributed by atoms with Gasteiger partial charge in [0.1, 0.15) is 11.4 Å². The van der Waals surface area contributed by atoms with Crippen molar-refractivity contribution in [1.82, 2.24) is 15.1 Å². The highest BCUT2D eigenvalue weighted by Crippen LogP contribution is 2.35. The average molecular weight is 410 g/mol. The van der Waals surface area contributed by atoms with Gasteiger partial charge in [-0.3, -0.25) is 14.6 Å². The lowest BCUT2D eigenvalue weighted by atomic mass is 10.0. The SMILES string of the molecule is O=C(O)c1ccc(N2C=CCN(C(=O)c3cccc(F)c3C(F)(F)F)C2=O)nn1. The number of halogens is 4. The normalized spacial score (nSPS) is 14.3. The van der Waals surface area contributed by atoms with Gasteiger partial charge in [-0.05, 0) is 30.3 Å². The van der Waals surface area contributed by atoms with Gasteiger partial charge in [0.15, 0.2) is 11.5 Å². The molecule has 12 heteroatoms. The summed E-state index contributed by atoms with van der Waals surface area (Å²) in [6.45, 7) is -0.359. The molecular weight excluding hydrogens is 400 g/mol. The Morgan fingerprint density at radius 3 is 2.41 bits per heavy atom. The van der Waals surface area contributed by atoms with Crippen LogP contribution in [0.25, 0.3) is 0 Å². The molecule has 0 saturated carbocycles. The molecule has 0 atom stereocenters. The largest absolute Gasteiger partial charge is 0.476 e. The number of anilines is 1. The molecule has 1 N–H and O–H groups in total. The number of nitrogens with zero attached hydrogens (tertiary/aromatic N) is 4. The van der Waals surface area contributed by atoms with E-state index in [4.69, 9.17) is 5.11 Å². The molecule has 1 aromatic heterocycles. The van der Waals surface area contributed by atoms with Crippen molar-refractivity contribution in [3.63, 3.8) is 0 Å². The number of carbonyl (C=O) groups is 3. The number of carbonyl (C=O) groups excluding carboxylic acids is 2. The molecule has 3 amide bonds. The molecule has 0 unspecified atom stereocenters. The van der Waals surface area contributed by atoms with Crippen LogP contribution in [0.5, 0.6) is 0 Å². The van der Waals surface area contributed by atoms with Crippen molar-refractivity contribution in [3.8, 4) is 0 Å². The third-order valence-corrected chi connectivity index (χ3v) is 3.87. The fourth-order valence-electron chi connectivity index (χ4n) is 2.58. The van der Waals surface area contributed by atoms with Gasteiger partial charge >= 0.3 is 18.2 Å². The highest BCUT2D eigenvalue weighted by molar-refractivity contribution is 6.10. The van der Waals surface area contributed by atoms with Gasteiger partial charge in [0.2, 0.25) is 0 Å². The lowest BCUT2D eigenvalue weighted by molar-refractivity contribution is -0.140. The molecule has 0 bridgehead atoms. The molecule has 2 aromatic rings. The molecule has 1 aliphatic heterocycles. The fraction of sp³-hybridized carbons (Fsp3) is 0.118. The standard InChI is InChI=1S/C17H10F4N4O4/c18-10-4-1-3-9(13(10)17(19,20)21)14(26)25-8-2-7-24(16(25)29)12-6-5-11(15(27)28)22-23-12/h1-7H,8H2,(H,27,28). The maximum absolute atomic E-state index is 13.7. The minimum atomic E-state index is -5.15. The van der Waals surface area contributed by atoms with E-state index in [9.17, 15) is 31.9 Å². The van der Waals surface area contributed by atoms with Crippen LogP contribution in [0.2, 0.25) is 0 Å². The minimum Gasteiger partial charge on any atom is -0.476 e. The summed E-state index contributed by atoms with van der Waals surface area (Å²) in [6, 6.07) is 3.38. The molecule has 0 fully saturated rings. The van der Waals surface area contributed by atoms with Crippen LogP contribution in [-0.2, 0) is 6.18 Å². The van der Waals surface area contributed by atoms with Crippen molar-refractivity contribution >= 4 is 23.7 Å². The summed E-state index contributed by atoms with van der Waals surface area (Å²) >= 11 is 0. The van der Waals surface area contributed by atoms with Gasteiger partial charge < -0.3 is 5.11 Å². The first-order valence-electron chi connectivity index (χ1n) is 7.85. The number of aromatic nitrogens is 2. The molecule has 1 aliphatic rings. The van der Waals surface area contributed by atoms with Crippen molar-refractivity contribution in [1.29, 1.82) is 0 Å². The third kappa shape index (κ3) is 3.77. The molecule has 0 aliphatic carbocycles. The second-order valence-electron chi connectivity index (χ2n) is 5.70. The number of amides is 3. The first kappa shape index (κ1) is 19.9. The van der Waals surface area contributed by atoms with Gasteiger partial charge in [-0.1, -0.05) is 6.07 Å². The van der Waals surface area contributed by atoms with E-state index in [1.165, 1.54) is 12.3 Å². The fourth-order valence-corrected chi connectivity index (χ4v) is 2.58. The van der Waals surface area contributed by atoms with E-state index >= 15 is 0 Å². The van der Waals surface area contributed by atoms with Crippen LogP contribution < -0.4 is 4.90 Å². The number of carboxylic acid groups (broad SMARTS) is 1. The number of hydrogen-bond donors (Lipinski definition) is 1. The predicted octanol–water partition coefficient (Wildman–Crippen LogP) is 2.93. The highest BCUT2D eigenvalue weighted by Gasteiger charge is 2.41. The number of alkyl halides is 3. The van der Waals surface area contributed by atoms with Crippen molar-refractivity contribution in [2.45, 2.75) is 6.18 Å². The van der Waals surface area contributed by atoms with Crippen molar-refractivity contribution in [2.24, 2.45) is 0 Å². The van der Waals surface area contributed by atoms with E-state index in [1.807, 2.05) is 0 Å². The lowest BCUT2D eigenvalue weighted by Crippen LogP contribution is -2.48. The lowest BCUT2D eigenvalue weighted by Gasteiger charge is -2.29. The average Bonchev–Trinajstić information content (AvgIpc) is 2.66. The van der Waals surface area contributed by atoms with Gasteiger partial charge in [0, 0.05) is 6.20 Å². The van der Waals surface area contributed by atoms with Crippen LogP contribution >= 0.6 is 0 Å². The van der Waals surface area contributed by atoms with Crippen LogP contribution in [0, 0.1) is 5.82 Å². The van der Waals surface area contributed by atoms with Gasteiger partial charge in [-0.15, -0.1) is 10.2 Å². The summed E-state index contributed by atoms with van der Waals surface area (Å²) in [5, 5.41) is 15.8. The number of hydrogen-bond acceptors (Lipinski definition) is 5. The van der Waals surface area contributed by atoms with E-state index in [0.717, 1.165) is 29.2 Å². The molecule has 0 radical (unpaired) electrons. The molecule has 2 heterocycles. The first-order chi connectivity index (χ1) is 13.6. The molecule has 0 saturated heterocycles. The molecule has 29 heavy (non-hydrogen) atoms. The number of aromatic carboxylic acids is 1. The zero-order chi connectivity index (χ0) is 21.3. The molecule has 8 nitrogen and oxygen atoms in total. The Morgan fingerprint density at radius 2 is 1.83 bits per heavy atom. The molecule has 3 rings (SSSR count). The number of carboxylic acids is 1. The second-order valence-corrected chi connectivity index (χ2v) is 5.70. The van der Waals surface area contributed by atoms with Crippen LogP contribution in [0.3, 0.4) is 0 Å². The van der Waals surface area contributed by atoms with Gasteiger partial charge in [-0.25, -0.2) is 14.0 Å². The zero-order valence-corrected chi connectivity index (χ0v) is 14.2. The smallest absolute Gasteiger partial charge is 0.420 e. The summed E-state index contributed by atoms with van der Waals surface area (Å²) in [5.74, 6) is -4.52. The predicted molar refractivity (Wildman–Crippen MR) is 88.4 cm³/mol. The number of urea groups is 1. The topological polar surface area (TPSA) is 104 Å². The molecule has 1 aromatic carbocycles. The van der Waals surface area contributed by atoms with Crippen molar-refractivity contribution in [3.05, 3.63) is 65.2 Å². The Labute approximate surface area is 159 Å². The molecule has 0 spiro atoms. The van der Waals surface area contributed by atoms with E-state index < -0.39 is 46.7 Å². The zero-order valence-electron chi connectivity index (χ0n) is 14.2. The Balaban J connectivity index is 1.94. The van der Waals surface area contributed by atoms with E-state index in [2.05, 4.69) is 10.2 Å². The van der Waals surface area contributed by atoms with Gasteiger partial charge in [0.25, 0.3) is 5.91 Å². The Morgan fingerprint density at radius 1 is 1.10 bits per heavy atom. The van der Waals surface area contributed by atoms with Crippen LogP contribution in [-0.4, -0.2) is 44.7 Å². The number of imide groups is 1. The maximum atomic E-state index is 13.7. The Kier molecular flexibility index (Phi) is 5.01. The van der Waals surface area contributed by atoms with Crippen molar-refractivity contribution in [2.75, 3.05) is 11.4 Å². The summed E-state index contributed by atoms with van der Waals surface area (Å²) in [6.07, 6.45) is -2.66. The summed E-state index contributed by atoms with van der Waals surface area (Å²) < 4.78 is 53.3. The third-order valence-electron chi connectivity index (χ3n) is 3.87. The summed E-state index contributed by atoms with van der Waals surface area (Å²) in [7, 11) is 0. The summed E-state index contributed by atoms with van der Waals surface area (Å²) in [4.78, 5) is 37.3. The van der Waals surface area contributed by atoms with E-state index in [0.29, 0.717) is 11.0 Å². The first-order valence-corrected chi connectivity index (χ1v) is 7.85. The van der Waals surface area contributed by atoms with Crippen LogP contribution in [0.4, 0.5) is 28.2 Å². The molecule has 150 valence electrons. The van der Waals surface area contributed by atoms with Crippen molar-refractivity contribution < 1.29 is 37.1 Å². The van der Waals surface area contributed by atoms with Crippen LogP contribution in [0.1, 0.15) is 26.4 Å². The minimum absolute atomic E-state index is 0.163. The quantitative estimate of drug-likeness (QED) is 0.781. The summed E-state index contributed by atoms with van der Waals surface area (Å²) in [5.41, 5.74) is -3.19. The molecular formula is C17H10F4N4O4. The Bertz CT molecular complexity index is 1020. The number of rotatable bonds is 3. The second kappa shape index (κ2) is 7.30. The Hall–Kier alpha value is -3.83. The maximum Gasteiger partial charge on any atom is 0.420 e. The van der Waals surface area contributed by atoms with E-state index in [-0.39, 0.29) is 12.4 Å². The van der Waals surface area contributed by atoms with Gasteiger partial charge in [-0.2, -0.15) is 13.2 Å². The van der Waals surface area contributed by atoms with E-state index in [1.54, 1.807) is 0 Å².